The second kappa shape index (κ2) is 10.2. The van der Waals surface area contributed by atoms with Crippen molar-refractivity contribution in [2.45, 2.75) is 39.7 Å². The number of amides is 1. The van der Waals surface area contributed by atoms with Gasteiger partial charge in [-0.15, -0.1) is 0 Å². The smallest absolute Gasteiger partial charge is 0.220 e. The molecule has 0 bridgehead atoms. The molecule has 4 rings (SSSR count). The molecule has 0 fully saturated rings. The summed E-state index contributed by atoms with van der Waals surface area (Å²) in [5, 5.41) is 8.14. The molecule has 1 amide bonds. The molecular formula is C25H28ClN3O4. The summed E-state index contributed by atoms with van der Waals surface area (Å²) in [4.78, 5) is 12.6. The molecule has 174 valence electrons. The molecule has 2 heterocycles. The van der Waals surface area contributed by atoms with Crippen LogP contribution in [-0.4, -0.2) is 36.0 Å². The number of nitrogens with zero attached hydrogens (tertiary/aromatic N) is 2. The van der Waals surface area contributed by atoms with E-state index in [0.717, 1.165) is 40.4 Å². The highest BCUT2D eigenvalue weighted by molar-refractivity contribution is 6.32. The maximum absolute atomic E-state index is 12.6. The normalized spacial score (nSPS) is 12.8. The molecular weight excluding hydrogens is 442 g/mol. The number of carbonyl (C=O) groups excluding carboxylic acids is 1. The van der Waals surface area contributed by atoms with E-state index in [0.29, 0.717) is 49.1 Å². The predicted octanol–water partition coefficient (Wildman–Crippen LogP) is 4.56. The second-order valence-corrected chi connectivity index (χ2v) is 8.40. The highest BCUT2D eigenvalue weighted by Crippen LogP contribution is 2.38. The quantitative estimate of drug-likeness (QED) is 0.549. The fraction of sp³-hybridized carbons (Fsp3) is 0.360. The minimum Gasteiger partial charge on any atom is -0.497 e. The van der Waals surface area contributed by atoms with E-state index in [9.17, 15) is 4.79 Å². The van der Waals surface area contributed by atoms with Gasteiger partial charge in [0.25, 0.3) is 0 Å². The van der Waals surface area contributed by atoms with Crippen LogP contribution in [0.2, 0.25) is 5.02 Å². The maximum atomic E-state index is 12.6. The molecule has 8 heteroatoms. The molecule has 33 heavy (non-hydrogen) atoms. The molecule has 0 saturated carbocycles. The lowest BCUT2D eigenvalue weighted by atomic mass is 10.1. The summed E-state index contributed by atoms with van der Waals surface area (Å²) in [6.45, 7) is 5.52. The zero-order valence-electron chi connectivity index (χ0n) is 19.1. The van der Waals surface area contributed by atoms with E-state index >= 15 is 0 Å². The number of hydrogen-bond acceptors (Lipinski definition) is 5. The van der Waals surface area contributed by atoms with Crippen molar-refractivity contribution in [1.29, 1.82) is 0 Å². The van der Waals surface area contributed by atoms with Crippen LogP contribution < -0.4 is 19.5 Å². The maximum Gasteiger partial charge on any atom is 0.220 e. The molecule has 0 spiro atoms. The molecule has 0 aliphatic carbocycles. The number of aryl methyl sites for hydroxylation is 1. The summed E-state index contributed by atoms with van der Waals surface area (Å²) in [5.74, 6) is 1.94. The first-order chi connectivity index (χ1) is 16.0. The van der Waals surface area contributed by atoms with Gasteiger partial charge < -0.3 is 19.5 Å². The highest BCUT2D eigenvalue weighted by Gasteiger charge is 2.17. The van der Waals surface area contributed by atoms with E-state index in [1.54, 1.807) is 7.11 Å². The molecule has 3 aromatic rings. The number of rotatable bonds is 7. The number of nitrogens with one attached hydrogen (secondary N) is 1. The summed E-state index contributed by atoms with van der Waals surface area (Å²) in [5.41, 5.74) is 4.81. The average Bonchev–Trinajstić information content (AvgIpc) is 2.96. The third-order valence-electron chi connectivity index (χ3n) is 5.69. The first-order valence-electron chi connectivity index (χ1n) is 11.0. The topological polar surface area (TPSA) is 74.6 Å². The fourth-order valence-electron chi connectivity index (χ4n) is 3.94. The lowest BCUT2D eigenvalue weighted by Crippen LogP contribution is -2.23. The average molecular weight is 470 g/mol. The Hall–Kier alpha value is -3.19. The van der Waals surface area contributed by atoms with Gasteiger partial charge in [0.1, 0.15) is 5.75 Å². The predicted molar refractivity (Wildman–Crippen MR) is 127 cm³/mol. The molecule has 1 aliphatic rings. The number of aromatic nitrogens is 2. The minimum absolute atomic E-state index is 0.0360. The van der Waals surface area contributed by atoms with Crippen molar-refractivity contribution in [3.63, 3.8) is 0 Å². The molecule has 1 aromatic heterocycles. The number of carbonyl (C=O) groups is 1. The van der Waals surface area contributed by atoms with Gasteiger partial charge in [0.15, 0.2) is 11.5 Å². The monoisotopic (exact) mass is 469 g/mol. The Labute approximate surface area is 198 Å². The number of fused-ring (bicyclic) bond motifs is 1. The largest absolute Gasteiger partial charge is 0.497 e. The Balaban J connectivity index is 1.38. The lowest BCUT2D eigenvalue weighted by Gasteiger charge is -2.12. The van der Waals surface area contributed by atoms with Crippen LogP contribution in [0.3, 0.4) is 0 Å². The van der Waals surface area contributed by atoms with Crippen LogP contribution in [0.5, 0.6) is 17.2 Å². The van der Waals surface area contributed by atoms with Crippen LogP contribution in [0.1, 0.15) is 35.4 Å². The fourth-order valence-corrected chi connectivity index (χ4v) is 4.23. The van der Waals surface area contributed by atoms with Crippen molar-refractivity contribution in [3.8, 4) is 22.9 Å². The summed E-state index contributed by atoms with van der Waals surface area (Å²) in [7, 11) is 1.64. The molecule has 0 unspecified atom stereocenters. The van der Waals surface area contributed by atoms with Gasteiger partial charge in [0.2, 0.25) is 5.91 Å². The minimum atomic E-state index is -0.0360. The first-order valence-corrected chi connectivity index (χ1v) is 11.4. The SMILES string of the molecule is COc1cccc(-n2nc(C)c(CCC(=O)NCc3cc(Cl)c4c(c3)OCCCO4)c2C)c1. The van der Waals surface area contributed by atoms with Crippen molar-refractivity contribution in [3.05, 3.63) is 63.9 Å². The van der Waals surface area contributed by atoms with E-state index in [4.69, 9.17) is 25.8 Å². The summed E-state index contributed by atoms with van der Waals surface area (Å²) >= 11 is 6.35. The Morgan fingerprint density at radius 1 is 1.21 bits per heavy atom. The van der Waals surface area contributed by atoms with E-state index in [2.05, 4.69) is 10.4 Å². The number of ether oxygens (including phenoxy) is 3. The zero-order valence-corrected chi connectivity index (χ0v) is 19.9. The van der Waals surface area contributed by atoms with Crippen molar-refractivity contribution in [2.75, 3.05) is 20.3 Å². The van der Waals surface area contributed by atoms with Crippen molar-refractivity contribution in [1.82, 2.24) is 15.1 Å². The van der Waals surface area contributed by atoms with E-state index in [1.807, 2.05) is 54.9 Å². The van der Waals surface area contributed by atoms with Gasteiger partial charge in [-0.05, 0) is 55.7 Å². The van der Waals surface area contributed by atoms with Gasteiger partial charge in [-0.25, -0.2) is 4.68 Å². The molecule has 1 aliphatic heterocycles. The van der Waals surface area contributed by atoms with E-state index in [1.165, 1.54) is 0 Å². The number of benzene rings is 2. The Kier molecular flexibility index (Phi) is 7.08. The Morgan fingerprint density at radius 2 is 2.03 bits per heavy atom. The van der Waals surface area contributed by atoms with Crippen LogP contribution in [0.25, 0.3) is 5.69 Å². The first kappa shape index (κ1) is 23.0. The van der Waals surface area contributed by atoms with Gasteiger partial charge in [0.05, 0.1) is 36.7 Å². The summed E-state index contributed by atoms with van der Waals surface area (Å²) in [6, 6.07) is 11.4. The van der Waals surface area contributed by atoms with Crippen molar-refractivity contribution < 1.29 is 19.0 Å². The van der Waals surface area contributed by atoms with Gasteiger partial charge in [0, 0.05) is 31.1 Å². The van der Waals surface area contributed by atoms with E-state index < -0.39 is 0 Å². The van der Waals surface area contributed by atoms with Crippen LogP contribution >= 0.6 is 11.6 Å². The van der Waals surface area contributed by atoms with Crippen molar-refractivity contribution in [2.24, 2.45) is 0 Å². The van der Waals surface area contributed by atoms with Crippen molar-refractivity contribution >= 4 is 17.5 Å². The summed E-state index contributed by atoms with van der Waals surface area (Å²) < 4.78 is 18.6. The standard InChI is InChI=1S/C25H28ClN3O4/c1-16-21(17(2)29(28-16)19-6-4-7-20(14-19)31-3)8-9-24(30)27-15-18-12-22(26)25-23(13-18)32-10-5-11-33-25/h4,6-7,12-14H,5,8-11,15H2,1-3H3,(H,27,30). The molecule has 7 nitrogen and oxygen atoms in total. The number of hydrogen-bond donors (Lipinski definition) is 1. The van der Waals surface area contributed by atoms with Crippen LogP contribution in [-0.2, 0) is 17.8 Å². The number of methoxy groups -OCH3 is 1. The second-order valence-electron chi connectivity index (χ2n) is 7.99. The van der Waals surface area contributed by atoms with Crippen LogP contribution in [0.15, 0.2) is 36.4 Å². The third kappa shape index (κ3) is 5.25. The van der Waals surface area contributed by atoms with Gasteiger partial charge in [-0.2, -0.15) is 5.10 Å². The highest BCUT2D eigenvalue weighted by atomic mass is 35.5. The Bertz CT molecular complexity index is 1160. The third-order valence-corrected chi connectivity index (χ3v) is 5.97. The lowest BCUT2D eigenvalue weighted by molar-refractivity contribution is -0.121. The molecule has 0 saturated heterocycles. The molecule has 0 atom stereocenters. The van der Waals surface area contributed by atoms with Crippen LogP contribution in [0.4, 0.5) is 0 Å². The van der Waals surface area contributed by atoms with Gasteiger partial charge in [-0.1, -0.05) is 17.7 Å². The van der Waals surface area contributed by atoms with Gasteiger partial charge >= 0.3 is 0 Å². The number of halogens is 1. The molecule has 1 N–H and O–H groups in total. The van der Waals surface area contributed by atoms with Gasteiger partial charge in [-0.3, -0.25) is 4.79 Å². The zero-order chi connectivity index (χ0) is 23.4. The molecule has 0 radical (unpaired) electrons. The van der Waals surface area contributed by atoms with E-state index in [-0.39, 0.29) is 5.91 Å². The Morgan fingerprint density at radius 3 is 2.85 bits per heavy atom. The van der Waals surface area contributed by atoms with Crippen LogP contribution in [0, 0.1) is 13.8 Å². The summed E-state index contributed by atoms with van der Waals surface area (Å²) in [6.07, 6.45) is 1.78. The molecule has 2 aromatic carbocycles.